The Morgan fingerprint density at radius 2 is 1.28 bits per heavy atom. The molecule has 0 atom stereocenters. The van der Waals surface area contributed by atoms with Crippen LogP contribution in [-0.4, -0.2) is 40.3 Å². The molecule has 6 heterocycles. The van der Waals surface area contributed by atoms with Gasteiger partial charge < -0.3 is 8.94 Å². The number of terminal acetylenes is 1. The van der Waals surface area contributed by atoms with Crippen LogP contribution in [0.25, 0.3) is 22.6 Å². The van der Waals surface area contributed by atoms with Crippen molar-refractivity contribution in [3.63, 3.8) is 0 Å². The van der Waals surface area contributed by atoms with Gasteiger partial charge in [-0.2, -0.15) is 8.78 Å². The molecule has 0 saturated heterocycles. The minimum absolute atomic E-state index is 0.122. The summed E-state index contributed by atoms with van der Waals surface area (Å²) in [5.41, 5.74) is 5.69. The Labute approximate surface area is 380 Å². The lowest BCUT2D eigenvalue weighted by molar-refractivity contribution is 0.0128. The molecule has 0 aromatic carbocycles. The van der Waals surface area contributed by atoms with E-state index in [4.69, 9.17) is 15.4 Å². The zero-order chi connectivity index (χ0) is 47.3. The second kappa shape index (κ2) is 21.8. The molecule has 12 heteroatoms. The van der Waals surface area contributed by atoms with Crippen LogP contribution in [-0.2, 0) is 31.6 Å². The van der Waals surface area contributed by atoms with Gasteiger partial charge in [0, 0.05) is 73.4 Å². The van der Waals surface area contributed by atoms with Crippen LogP contribution in [0.15, 0.2) is 88.3 Å². The maximum absolute atomic E-state index is 13.1. The largest absolute Gasteiger partial charge is 0.425 e. The normalized spacial score (nSPS) is 13.2. The number of hydrogen-bond acceptors (Lipinski definition) is 10. The summed E-state index contributed by atoms with van der Waals surface area (Å²) in [6.07, 6.45) is 19.1. The first-order valence-electron chi connectivity index (χ1n) is 22.0. The van der Waals surface area contributed by atoms with E-state index in [0.29, 0.717) is 5.92 Å². The maximum Gasteiger partial charge on any atom is 0.286 e. The lowest BCUT2D eigenvalue weighted by Gasteiger charge is -2.21. The van der Waals surface area contributed by atoms with E-state index in [9.17, 15) is 8.78 Å². The highest BCUT2D eigenvalue weighted by molar-refractivity contribution is 5.60. The molecule has 0 aliphatic heterocycles. The zero-order valence-electron chi connectivity index (χ0n) is 40.3. The fourth-order valence-electron chi connectivity index (χ4n) is 6.28. The fraction of sp³-hybridized carbons (Fsp3) is 0.500. The molecule has 1 aliphatic rings. The summed E-state index contributed by atoms with van der Waals surface area (Å²) in [7, 11) is 0. The van der Waals surface area contributed by atoms with Gasteiger partial charge in [-0.25, -0.2) is 15.0 Å². The second-order valence-corrected chi connectivity index (χ2v) is 21.4. The fourth-order valence-corrected chi connectivity index (χ4v) is 6.28. The number of nitrogens with zero attached hydrogens (tertiary/aromatic N) is 8. The zero-order valence-corrected chi connectivity index (χ0v) is 40.3. The smallest absolute Gasteiger partial charge is 0.286 e. The summed E-state index contributed by atoms with van der Waals surface area (Å²) in [6, 6.07) is 16.5. The molecule has 0 spiro atoms. The van der Waals surface area contributed by atoms with Gasteiger partial charge in [0.2, 0.25) is 11.8 Å². The molecule has 0 N–H and O–H groups in total. The van der Waals surface area contributed by atoms with Crippen molar-refractivity contribution in [3.8, 4) is 34.9 Å². The first-order valence-corrected chi connectivity index (χ1v) is 22.0. The number of pyridine rings is 3. The molecule has 0 amide bonds. The molecule has 7 rings (SSSR count). The quantitative estimate of drug-likeness (QED) is 0.136. The number of halogens is 2. The van der Waals surface area contributed by atoms with E-state index >= 15 is 0 Å². The number of rotatable bonds is 8. The minimum atomic E-state index is -2.93. The van der Waals surface area contributed by atoms with Crippen LogP contribution in [0.1, 0.15) is 156 Å². The van der Waals surface area contributed by atoms with Gasteiger partial charge in [0.25, 0.3) is 5.92 Å². The van der Waals surface area contributed by atoms with E-state index in [1.807, 2.05) is 42.5 Å². The standard InChI is InChI=1S/C16H19F2N3.C13H16N2O.C12H15N.C11H18N2O/c1-15(2,3)7-14-20-9-12(10-21-14)11-5-6-13(19-8-11)16(4,17)18;1-13(2,3)9-10-8-12(16-15-10)11-6-4-5-7-14-11;1-5-10-7-6-8-11(13-10)9-12(2,3)4;1-11(2,3)7-9-12-13-10(14-9)8-5-4-6-8/h5-6,8-10H,7H2,1-4H3;4-8H,9H2,1-3H3;1,6-8H,9H2,2-4H3;8H,4-7H2,1-3H3. The van der Waals surface area contributed by atoms with Gasteiger partial charge in [-0.1, -0.05) is 119 Å². The van der Waals surface area contributed by atoms with E-state index in [2.05, 4.69) is 129 Å². The van der Waals surface area contributed by atoms with Crippen molar-refractivity contribution in [2.45, 2.75) is 147 Å². The maximum atomic E-state index is 13.1. The molecule has 6 aromatic rings. The van der Waals surface area contributed by atoms with Crippen molar-refractivity contribution in [3.05, 3.63) is 120 Å². The Bertz CT molecular complexity index is 2350. The molecule has 342 valence electrons. The van der Waals surface area contributed by atoms with Gasteiger partial charge >= 0.3 is 0 Å². The van der Waals surface area contributed by atoms with Crippen LogP contribution in [0.3, 0.4) is 0 Å². The predicted molar refractivity (Wildman–Crippen MR) is 250 cm³/mol. The predicted octanol–water partition coefficient (Wildman–Crippen LogP) is 13.1. The average molecular weight is 875 g/mol. The van der Waals surface area contributed by atoms with Gasteiger partial charge in [-0.05, 0) is 77.7 Å². The molecule has 10 nitrogen and oxygen atoms in total. The van der Waals surface area contributed by atoms with Gasteiger partial charge in [-0.15, -0.1) is 16.6 Å². The van der Waals surface area contributed by atoms with Crippen molar-refractivity contribution in [2.75, 3.05) is 0 Å². The second-order valence-electron chi connectivity index (χ2n) is 21.4. The van der Waals surface area contributed by atoms with Crippen LogP contribution in [0.5, 0.6) is 0 Å². The third-order valence-corrected chi connectivity index (χ3v) is 9.41. The molecule has 1 fully saturated rings. The molecule has 1 saturated carbocycles. The molecule has 64 heavy (non-hydrogen) atoms. The Morgan fingerprint density at radius 1 is 0.656 bits per heavy atom. The van der Waals surface area contributed by atoms with E-state index in [0.717, 1.165) is 89.9 Å². The Hall–Kier alpha value is -5.70. The Morgan fingerprint density at radius 3 is 1.80 bits per heavy atom. The molecule has 0 bridgehead atoms. The molecular formula is C52H68F2N8O2. The molecule has 0 unspecified atom stereocenters. The van der Waals surface area contributed by atoms with E-state index in [1.54, 1.807) is 24.7 Å². The van der Waals surface area contributed by atoms with Crippen molar-refractivity contribution in [1.82, 2.24) is 40.3 Å². The number of alkyl halides is 2. The van der Waals surface area contributed by atoms with Crippen molar-refractivity contribution >= 4 is 0 Å². The van der Waals surface area contributed by atoms with Crippen LogP contribution in [0.2, 0.25) is 0 Å². The summed E-state index contributed by atoms with van der Waals surface area (Å²) >= 11 is 0. The summed E-state index contributed by atoms with van der Waals surface area (Å²) in [5, 5.41) is 12.3. The minimum Gasteiger partial charge on any atom is -0.425 e. The first-order chi connectivity index (χ1) is 29.7. The third-order valence-electron chi connectivity index (χ3n) is 9.41. The molecule has 1 aliphatic carbocycles. The summed E-state index contributed by atoms with van der Waals surface area (Å²) in [5.74, 6) is 3.33. The third kappa shape index (κ3) is 18.6. The molecular weight excluding hydrogens is 807 g/mol. The SMILES string of the molecule is C#Cc1cccc(CC(C)(C)C)n1.CC(C)(C)Cc1cc(-c2ccccn2)on1.CC(C)(C)Cc1ncc(-c2ccc(C(C)(F)F)nc2)cn1.CC(C)(C)Cc1nnc(C2CCC2)o1. The number of hydrogen-bond donors (Lipinski definition) is 0. The first kappa shape index (κ1) is 50.9. The highest BCUT2D eigenvalue weighted by Gasteiger charge is 2.27. The van der Waals surface area contributed by atoms with E-state index < -0.39 is 5.92 Å². The van der Waals surface area contributed by atoms with Gasteiger partial charge in [0.1, 0.15) is 22.9 Å². The summed E-state index contributed by atoms with van der Waals surface area (Å²) < 4.78 is 37.1. The molecule has 0 radical (unpaired) electrons. The van der Waals surface area contributed by atoms with Gasteiger partial charge in [0.15, 0.2) is 5.76 Å². The van der Waals surface area contributed by atoms with Gasteiger partial charge in [-0.3, -0.25) is 9.97 Å². The topological polar surface area (TPSA) is 129 Å². The van der Waals surface area contributed by atoms with Crippen LogP contribution in [0.4, 0.5) is 8.78 Å². The van der Waals surface area contributed by atoms with Crippen molar-refractivity contribution in [2.24, 2.45) is 21.7 Å². The van der Waals surface area contributed by atoms with Crippen LogP contribution in [0, 0.1) is 34.0 Å². The Balaban J connectivity index is 0.000000190. The Kier molecular flexibility index (Phi) is 17.3. The highest BCUT2D eigenvalue weighted by Crippen LogP contribution is 2.36. The van der Waals surface area contributed by atoms with E-state index in [-0.39, 0.29) is 27.4 Å². The monoisotopic (exact) mass is 875 g/mol. The van der Waals surface area contributed by atoms with Crippen molar-refractivity contribution < 1.29 is 17.7 Å². The summed E-state index contributed by atoms with van der Waals surface area (Å²) in [6.45, 7) is 26.9. The number of aromatic nitrogens is 8. The van der Waals surface area contributed by atoms with Crippen molar-refractivity contribution in [1.29, 1.82) is 0 Å². The lowest BCUT2D eigenvalue weighted by Crippen LogP contribution is -2.11. The molecule has 6 aromatic heterocycles. The summed E-state index contributed by atoms with van der Waals surface area (Å²) in [4.78, 5) is 21.0. The lowest BCUT2D eigenvalue weighted by atomic mass is 9.85. The van der Waals surface area contributed by atoms with Crippen LogP contribution >= 0.6 is 0 Å². The average Bonchev–Trinajstić information content (AvgIpc) is 3.82. The van der Waals surface area contributed by atoms with Gasteiger partial charge in [0.05, 0.1) is 5.69 Å². The van der Waals surface area contributed by atoms with E-state index in [1.165, 1.54) is 31.5 Å². The highest BCUT2D eigenvalue weighted by atomic mass is 19.3. The van der Waals surface area contributed by atoms with Crippen LogP contribution < -0.4 is 0 Å².